The number of hydrogen-bond donors (Lipinski definition) is 4. The van der Waals surface area contributed by atoms with E-state index in [2.05, 4.69) is 10.3 Å². The first-order valence-electron chi connectivity index (χ1n) is 5.02. The smallest absolute Gasteiger partial charge is 0.244 e. The summed E-state index contributed by atoms with van der Waals surface area (Å²) in [5, 5.41) is 9.75. The first kappa shape index (κ1) is 11.5. The number of nitrogens with one attached hydrogen (secondary N) is 2. The molecule has 0 saturated heterocycles. The van der Waals surface area contributed by atoms with Crippen LogP contribution in [0.25, 0.3) is 0 Å². The number of amidine groups is 2. The Balaban J connectivity index is 2.16. The molecular weight excluding hydrogens is 194 g/mol. The molecule has 0 radical (unpaired) electrons. The molecule has 1 heterocycles. The maximum atomic E-state index is 11.5. The van der Waals surface area contributed by atoms with Crippen molar-refractivity contribution in [2.75, 3.05) is 6.54 Å². The van der Waals surface area contributed by atoms with Crippen LogP contribution in [0.4, 0.5) is 0 Å². The summed E-state index contributed by atoms with van der Waals surface area (Å²) in [6, 6.07) is -0.317. The van der Waals surface area contributed by atoms with Gasteiger partial charge in [-0.05, 0) is 12.8 Å². The fraction of sp³-hybridized carbons (Fsp3) is 0.667. The lowest BCUT2D eigenvalue weighted by Gasteiger charge is -2.07. The Kier molecular flexibility index (Phi) is 4.08. The first-order valence-corrected chi connectivity index (χ1v) is 5.02. The molecule has 15 heavy (non-hydrogen) atoms. The Morgan fingerprint density at radius 2 is 2.40 bits per heavy atom. The number of nitrogens with zero attached hydrogens (tertiary/aromatic N) is 1. The number of nitrogens with two attached hydrogens (primary N) is 2. The third kappa shape index (κ3) is 3.97. The minimum absolute atomic E-state index is 0.0843. The maximum Gasteiger partial charge on any atom is 0.244 e. The summed E-state index contributed by atoms with van der Waals surface area (Å²) in [6.07, 6.45) is 2.60. The molecule has 0 aromatic heterocycles. The van der Waals surface area contributed by atoms with Gasteiger partial charge in [0.1, 0.15) is 6.04 Å². The van der Waals surface area contributed by atoms with Crippen molar-refractivity contribution in [3.05, 3.63) is 0 Å². The zero-order valence-corrected chi connectivity index (χ0v) is 8.62. The normalized spacial score (nSPS) is 19.7. The zero-order valence-electron chi connectivity index (χ0n) is 8.62. The lowest BCUT2D eigenvalue weighted by molar-refractivity contribution is -0.122. The minimum atomic E-state index is -0.317. The van der Waals surface area contributed by atoms with Crippen LogP contribution in [-0.4, -0.2) is 30.2 Å². The molecule has 1 amide bonds. The molecule has 0 aromatic carbocycles. The lowest BCUT2D eigenvalue weighted by Crippen LogP contribution is -2.33. The highest BCUT2D eigenvalue weighted by Gasteiger charge is 2.22. The quantitative estimate of drug-likeness (QED) is 0.274. The highest BCUT2D eigenvalue weighted by atomic mass is 16.2. The van der Waals surface area contributed by atoms with E-state index in [9.17, 15) is 4.79 Å². The van der Waals surface area contributed by atoms with Crippen LogP contribution >= 0.6 is 0 Å². The van der Waals surface area contributed by atoms with Gasteiger partial charge >= 0.3 is 0 Å². The van der Waals surface area contributed by atoms with Gasteiger partial charge in [0.25, 0.3) is 0 Å². The summed E-state index contributed by atoms with van der Waals surface area (Å²) in [5.41, 5.74) is 10.7. The molecule has 0 saturated carbocycles. The largest absolute Gasteiger partial charge is 0.388 e. The SMILES string of the molecule is N=C(N)CCCNC(=O)C1CCC(N)=N1. The van der Waals surface area contributed by atoms with Gasteiger partial charge in [0, 0.05) is 19.4 Å². The Morgan fingerprint density at radius 3 is 2.93 bits per heavy atom. The van der Waals surface area contributed by atoms with Gasteiger partial charge in [0.2, 0.25) is 5.91 Å². The van der Waals surface area contributed by atoms with E-state index in [-0.39, 0.29) is 17.8 Å². The van der Waals surface area contributed by atoms with Gasteiger partial charge in [-0.2, -0.15) is 0 Å². The molecule has 1 atom stereocenters. The number of carbonyl (C=O) groups is 1. The molecule has 1 rings (SSSR count). The highest BCUT2D eigenvalue weighted by molar-refractivity contribution is 5.90. The van der Waals surface area contributed by atoms with E-state index < -0.39 is 0 Å². The van der Waals surface area contributed by atoms with E-state index in [0.29, 0.717) is 38.1 Å². The van der Waals surface area contributed by atoms with Crippen molar-refractivity contribution in [2.45, 2.75) is 31.7 Å². The molecule has 6 heteroatoms. The molecule has 84 valence electrons. The fourth-order valence-corrected chi connectivity index (χ4v) is 1.41. The molecule has 0 fully saturated rings. The van der Waals surface area contributed by atoms with E-state index >= 15 is 0 Å². The second kappa shape index (κ2) is 5.33. The molecule has 6 nitrogen and oxygen atoms in total. The van der Waals surface area contributed by atoms with Crippen LogP contribution in [0, 0.1) is 5.41 Å². The third-order valence-corrected chi connectivity index (χ3v) is 2.22. The highest BCUT2D eigenvalue weighted by Crippen LogP contribution is 2.10. The standard InChI is InChI=1S/C9H17N5O/c10-7(11)2-1-5-13-9(15)6-3-4-8(12)14-6/h6H,1-5H2,(H3,10,11)(H2,12,14)(H,13,15). The monoisotopic (exact) mass is 211 g/mol. The summed E-state index contributed by atoms with van der Waals surface area (Å²) in [4.78, 5) is 15.5. The average Bonchev–Trinajstić information content (AvgIpc) is 2.59. The van der Waals surface area contributed by atoms with Crippen LogP contribution in [0.5, 0.6) is 0 Å². The number of amides is 1. The Hall–Kier alpha value is -1.59. The molecule has 0 spiro atoms. The van der Waals surface area contributed by atoms with Crippen molar-refractivity contribution in [3.63, 3.8) is 0 Å². The van der Waals surface area contributed by atoms with Gasteiger partial charge in [0.15, 0.2) is 0 Å². The second-order valence-electron chi connectivity index (χ2n) is 3.59. The molecule has 0 aliphatic carbocycles. The van der Waals surface area contributed by atoms with E-state index in [1.807, 2.05) is 0 Å². The van der Waals surface area contributed by atoms with Crippen molar-refractivity contribution >= 4 is 17.6 Å². The van der Waals surface area contributed by atoms with Crippen LogP contribution in [0.15, 0.2) is 4.99 Å². The average molecular weight is 211 g/mol. The molecule has 1 aliphatic rings. The van der Waals surface area contributed by atoms with Gasteiger partial charge < -0.3 is 16.8 Å². The molecular formula is C9H17N5O. The summed E-state index contributed by atoms with van der Waals surface area (Å²) < 4.78 is 0. The number of hydrogen-bond acceptors (Lipinski definition) is 4. The zero-order chi connectivity index (χ0) is 11.3. The van der Waals surface area contributed by atoms with Crippen LogP contribution in [0.2, 0.25) is 0 Å². The molecule has 1 unspecified atom stereocenters. The summed E-state index contributed by atoms with van der Waals surface area (Å²) >= 11 is 0. The van der Waals surface area contributed by atoms with Crippen LogP contribution < -0.4 is 16.8 Å². The Bertz CT molecular complexity index is 286. The molecule has 1 aliphatic heterocycles. The fourth-order valence-electron chi connectivity index (χ4n) is 1.41. The lowest BCUT2D eigenvalue weighted by atomic mass is 10.2. The summed E-state index contributed by atoms with van der Waals surface area (Å²) in [5.74, 6) is 0.616. The predicted octanol–water partition coefficient (Wildman–Crippen LogP) is -0.662. The first-order chi connectivity index (χ1) is 7.09. The van der Waals surface area contributed by atoms with Gasteiger partial charge in [-0.15, -0.1) is 0 Å². The predicted molar refractivity (Wildman–Crippen MR) is 58.8 cm³/mol. The van der Waals surface area contributed by atoms with Crippen molar-refractivity contribution < 1.29 is 4.79 Å². The van der Waals surface area contributed by atoms with Gasteiger partial charge in [-0.25, -0.2) is 0 Å². The maximum absolute atomic E-state index is 11.5. The van der Waals surface area contributed by atoms with Crippen molar-refractivity contribution in [3.8, 4) is 0 Å². The van der Waals surface area contributed by atoms with Gasteiger partial charge in [0.05, 0.1) is 11.7 Å². The van der Waals surface area contributed by atoms with E-state index in [1.165, 1.54) is 0 Å². The van der Waals surface area contributed by atoms with Crippen LogP contribution in [0.3, 0.4) is 0 Å². The van der Waals surface area contributed by atoms with Gasteiger partial charge in [-0.3, -0.25) is 15.2 Å². The molecule has 0 bridgehead atoms. The van der Waals surface area contributed by atoms with Crippen LogP contribution in [-0.2, 0) is 4.79 Å². The van der Waals surface area contributed by atoms with Crippen molar-refractivity contribution in [1.82, 2.24) is 5.32 Å². The number of carbonyl (C=O) groups excluding carboxylic acids is 1. The van der Waals surface area contributed by atoms with Gasteiger partial charge in [-0.1, -0.05) is 0 Å². The van der Waals surface area contributed by atoms with E-state index in [4.69, 9.17) is 16.9 Å². The topological polar surface area (TPSA) is 117 Å². The minimum Gasteiger partial charge on any atom is -0.388 e. The molecule has 0 aromatic rings. The Labute approximate surface area is 88.6 Å². The third-order valence-electron chi connectivity index (χ3n) is 2.22. The van der Waals surface area contributed by atoms with Crippen molar-refractivity contribution in [1.29, 1.82) is 5.41 Å². The van der Waals surface area contributed by atoms with E-state index in [1.54, 1.807) is 0 Å². The Morgan fingerprint density at radius 1 is 1.67 bits per heavy atom. The second-order valence-corrected chi connectivity index (χ2v) is 3.59. The number of rotatable bonds is 5. The number of aliphatic imine (C=N–C) groups is 1. The van der Waals surface area contributed by atoms with E-state index in [0.717, 1.165) is 0 Å². The summed E-state index contributed by atoms with van der Waals surface area (Å²) in [6.45, 7) is 0.532. The summed E-state index contributed by atoms with van der Waals surface area (Å²) in [7, 11) is 0. The molecule has 6 N–H and O–H groups in total. The van der Waals surface area contributed by atoms with Crippen molar-refractivity contribution in [2.24, 2.45) is 16.5 Å². The van der Waals surface area contributed by atoms with Crippen LogP contribution in [0.1, 0.15) is 25.7 Å².